The van der Waals surface area contributed by atoms with E-state index in [0.717, 1.165) is 0 Å². The van der Waals surface area contributed by atoms with Gasteiger partial charge in [0.15, 0.2) is 0 Å². The maximum absolute atomic E-state index is 13.8. The fraction of sp³-hybridized carbons (Fsp3) is 0.282. The Bertz CT molecular complexity index is 1930. The molecular formula is C39H28F15N2NiOP. The Balaban J connectivity index is 0.000000369. The van der Waals surface area contributed by atoms with Crippen LogP contribution in [0.4, 0.5) is 65.9 Å². The Kier molecular flexibility index (Phi) is 16.9. The molecular weight excluding hydrogens is 887 g/mol. The largest absolute Gasteiger partial charge is 2.00 e. The number of hydrogen-bond acceptors (Lipinski definition) is 2. The van der Waals surface area contributed by atoms with Crippen LogP contribution in [-0.2, 0) is 21.3 Å². The summed E-state index contributed by atoms with van der Waals surface area (Å²) < 4.78 is 197. The molecule has 0 bridgehead atoms. The fourth-order valence-electron chi connectivity index (χ4n) is 4.92. The van der Waals surface area contributed by atoms with Gasteiger partial charge in [0.25, 0.3) is 0 Å². The van der Waals surface area contributed by atoms with Crippen LogP contribution in [0.25, 0.3) is 5.32 Å². The maximum Gasteiger partial charge on any atom is 2.00 e. The van der Waals surface area contributed by atoms with Crippen molar-refractivity contribution in [1.82, 2.24) is 0 Å². The predicted molar refractivity (Wildman–Crippen MR) is 186 cm³/mol. The van der Waals surface area contributed by atoms with Crippen LogP contribution in [0.5, 0.6) is 0 Å². The van der Waals surface area contributed by atoms with E-state index in [4.69, 9.17) is 5.26 Å². The minimum Gasteiger partial charge on any atom is -0.687 e. The molecule has 4 aromatic carbocycles. The summed E-state index contributed by atoms with van der Waals surface area (Å²) in [6.45, 7) is 1.75. The standard InChI is InChI=1S/C18H15P.C14H7F15N2O.C7H7.Ni/c1-4-10-16(11-5-1)19(17-12-6-2-7-13-17)18-14-8-3-9-15-18;15-8(16,7(32)5(4-30)6-2-1-3-31-6)9(17,18)10(19,20)11(21,22)12(23,24)13(25,26)14(27,28)29;1-7-5-3-2-4-6-7;/h1-15H;1-3H2,(H,31,32);2-5H,1H3;/q;;-1;+2/p-1. The molecule has 0 radical (unpaired) electrons. The van der Waals surface area contributed by atoms with Gasteiger partial charge in [0.05, 0.1) is 5.57 Å². The number of ketones is 1. The van der Waals surface area contributed by atoms with Crippen LogP contribution in [0.15, 0.2) is 127 Å². The molecule has 1 aliphatic rings. The summed E-state index contributed by atoms with van der Waals surface area (Å²) >= 11 is 0. The van der Waals surface area contributed by atoms with Crippen LogP contribution < -0.4 is 15.9 Å². The number of alkyl halides is 15. The average Bonchev–Trinajstić information content (AvgIpc) is 3.71. The van der Waals surface area contributed by atoms with Crippen LogP contribution >= 0.6 is 7.92 Å². The number of carbonyl (C=O) groups excluding carboxylic acids is 1. The molecule has 0 atom stereocenters. The van der Waals surface area contributed by atoms with Crippen molar-refractivity contribution < 1.29 is 87.1 Å². The van der Waals surface area contributed by atoms with E-state index in [2.05, 4.69) is 102 Å². The number of nitriles is 1. The number of allylic oxidation sites excluding steroid dienone is 2. The molecule has 5 rings (SSSR count). The number of benzene rings is 4. The Labute approximate surface area is 339 Å². The van der Waals surface area contributed by atoms with Crippen LogP contribution in [0.1, 0.15) is 18.4 Å². The molecule has 0 N–H and O–H groups in total. The predicted octanol–water partition coefficient (Wildman–Crippen LogP) is 11.1. The zero-order valence-corrected chi connectivity index (χ0v) is 31.7. The van der Waals surface area contributed by atoms with Crippen molar-refractivity contribution in [1.29, 1.82) is 5.26 Å². The molecule has 0 spiro atoms. The van der Waals surface area contributed by atoms with Crippen molar-refractivity contribution in [3.05, 3.63) is 143 Å². The van der Waals surface area contributed by atoms with Gasteiger partial charge in [-0.1, -0.05) is 104 Å². The van der Waals surface area contributed by atoms with Crippen molar-refractivity contribution in [2.24, 2.45) is 0 Å². The van der Waals surface area contributed by atoms with E-state index in [9.17, 15) is 70.7 Å². The minimum atomic E-state index is -8.50. The number of Topliss-reactive ketones (excluding diaryl/α,β-unsaturated/α-hetero) is 1. The summed E-state index contributed by atoms with van der Waals surface area (Å²) in [5.41, 5.74) is -1.82. The minimum absolute atomic E-state index is 0. The second kappa shape index (κ2) is 19.7. The third kappa shape index (κ3) is 10.4. The molecule has 3 nitrogen and oxygen atoms in total. The molecule has 0 saturated carbocycles. The van der Waals surface area contributed by atoms with E-state index in [1.165, 1.54) is 21.5 Å². The fourth-order valence-corrected chi connectivity index (χ4v) is 7.22. The third-order valence-electron chi connectivity index (χ3n) is 8.02. The average molecular weight is 915 g/mol. The van der Waals surface area contributed by atoms with E-state index in [1.54, 1.807) is 0 Å². The van der Waals surface area contributed by atoms with E-state index in [1.807, 2.05) is 31.2 Å². The van der Waals surface area contributed by atoms with Gasteiger partial charge >= 0.3 is 58.2 Å². The van der Waals surface area contributed by atoms with Gasteiger partial charge in [-0.2, -0.15) is 107 Å². The summed E-state index contributed by atoms with van der Waals surface area (Å²) in [5.74, 6) is -52.1. The van der Waals surface area contributed by atoms with Gasteiger partial charge in [-0.15, -0.1) is 12.2 Å². The number of carbonyl (C=O) groups is 1. The van der Waals surface area contributed by atoms with Gasteiger partial charge in [-0.05, 0) is 30.3 Å². The van der Waals surface area contributed by atoms with Gasteiger partial charge in [-0.25, -0.2) is 0 Å². The second-order valence-corrected chi connectivity index (χ2v) is 14.3. The quantitative estimate of drug-likeness (QED) is 0.0397. The second-order valence-electron chi connectivity index (χ2n) is 12.1. The summed E-state index contributed by atoms with van der Waals surface area (Å²) in [4.78, 5) is 11.5. The maximum atomic E-state index is 13.8. The molecule has 0 aromatic heterocycles. The van der Waals surface area contributed by atoms with E-state index < -0.39 is 73.1 Å². The summed E-state index contributed by atoms with van der Waals surface area (Å²) in [5, 5.41) is 16.0. The van der Waals surface area contributed by atoms with Gasteiger partial charge in [0, 0.05) is 0 Å². The van der Waals surface area contributed by atoms with Crippen molar-refractivity contribution in [3.8, 4) is 6.07 Å². The SMILES string of the molecule is Cc1[c-]cccc1.N#C/C(C(=O)C(F)(F)C(F)(F)C(F)(F)C(F)(F)C(F)(F)C(F)(F)C(F)(F)F)=C1\CCC[N-]1.[Ni+2].c1ccc(P(c2ccccc2)c2ccccc2)cc1. The van der Waals surface area contributed by atoms with E-state index in [0.29, 0.717) is 6.07 Å². The van der Waals surface area contributed by atoms with Gasteiger partial charge in [0.1, 0.15) is 6.07 Å². The number of halogens is 15. The smallest absolute Gasteiger partial charge is 0.687 e. The molecule has 59 heavy (non-hydrogen) atoms. The van der Waals surface area contributed by atoms with Crippen molar-refractivity contribution in [3.63, 3.8) is 0 Å². The summed E-state index contributed by atoms with van der Waals surface area (Å²) in [6.07, 6.45) is -8.31. The molecule has 1 saturated heterocycles. The molecule has 0 aliphatic carbocycles. The Hall–Kier alpha value is -4.55. The molecule has 0 amide bonds. The zero-order valence-electron chi connectivity index (χ0n) is 29.8. The molecule has 320 valence electrons. The zero-order chi connectivity index (χ0) is 43.8. The first-order chi connectivity index (χ1) is 26.8. The topological polar surface area (TPSA) is 55.0 Å². The van der Waals surface area contributed by atoms with Crippen LogP contribution in [0, 0.1) is 24.3 Å². The summed E-state index contributed by atoms with van der Waals surface area (Å²) in [7, 11) is -0.446. The van der Waals surface area contributed by atoms with Gasteiger partial charge in [0.2, 0.25) is 5.78 Å². The molecule has 1 fully saturated rings. The molecule has 20 heteroatoms. The van der Waals surface area contributed by atoms with E-state index in [-0.39, 0.29) is 29.5 Å². The van der Waals surface area contributed by atoms with Crippen LogP contribution in [-0.4, -0.2) is 54.0 Å². The monoisotopic (exact) mass is 914 g/mol. The molecule has 1 heterocycles. The molecule has 1 aliphatic heterocycles. The first-order valence-electron chi connectivity index (χ1n) is 16.4. The normalized spacial score (nSPS) is 14.6. The Morgan fingerprint density at radius 3 is 1.31 bits per heavy atom. The van der Waals surface area contributed by atoms with Crippen LogP contribution in [0.2, 0.25) is 0 Å². The Morgan fingerprint density at radius 2 is 1.00 bits per heavy atom. The number of hydrogen-bond donors (Lipinski definition) is 0. The first kappa shape index (κ1) is 50.6. The summed E-state index contributed by atoms with van der Waals surface area (Å²) in [6, 6.07) is 43.8. The first-order valence-corrected chi connectivity index (χ1v) is 17.7. The van der Waals surface area contributed by atoms with E-state index >= 15 is 0 Å². The molecule has 4 aromatic rings. The Morgan fingerprint density at radius 1 is 0.610 bits per heavy atom. The van der Waals surface area contributed by atoms with Crippen molar-refractivity contribution in [2.45, 2.75) is 61.5 Å². The number of rotatable bonds is 10. The van der Waals surface area contributed by atoms with Gasteiger partial charge in [-0.3, -0.25) is 4.79 Å². The number of nitrogens with zero attached hydrogens (tertiary/aromatic N) is 2. The van der Waals surface area contributed by atoms with Gasteiger partial charge < -0.3 is 5.32 Å². The van der Waals surface area contributed by atoms with Crippen molar-refractivity contribution >= 4 is 29.6 Å². The third-order valence-corrected chi connectivity index (χ3v) is 10.5. The number of aryl methyl sites for hydroxylation is 1. The van der Waals surface area contributed by atoms with Crippen molar-refractivity contribution in [2.75, 3.05) is 6.54 Å². The van der Waals surface area contributed by atoms with Crippen LogP contribution in [0.3, 0.4) is 0 Å². The molecule has 0 unspecified atom stereocenters.